The van der Waals surface area contributed by atoms with Crippen molar-refractivity contribution < 1.29 is 38.0 Å². The Labute approximate surface area is 188 Å². The van der Waals surface area contributed by atoms with Crippen molar-refractivity contribution in [3.63, 3.8) is 0 Å². The van der Waals surface area contributed by atoms with Crippen LogP contribution in [0.5, 0.6) is 17.2 Å². The van der Waals surface area contributed by atoms with Crippen molar-refractivity contribution in [1.82, 2.24) is 0 Å². The van der Waals surface area contributed by atoms with Crippen molar-refractivity contribution in [2.45, 2.75) is 32.3 Å². The summed E-state index contributed by atoms with van der Waals surface area (Å²) < 4.78 is 32.9. The number of benzene rings is 1. The molecule has 2 aliphatic carbocycles. The summed E-state index contributed by atoms with van der Waals surface area (Å²) in [5, 5.41) is 0. The largest absolute Gasteiger partial charge is 0.493 e. The quantitative estimate of drug-likeness (QED) is 0.616. The van der Waals surface area contributed by atoms with Crippen LogP contribution in [0.1, 0.15) is 30.9 Å². The standard InChI is InChI=1S/C24H30O8/c1-12-10-14(23(25)31-6)19(24(26)32-7)20-15(27-2)9-8-13-11-16(28-3)21(29-4)22(30-5)18(13)17(12)20/h11,15,20H,8-10H2,1-7H3/t15-,20+/m0/s1. The number of methoxy groups -OCH3 is 6. The lowest BCUT2D eigenvalue weighted by atomic mass is 9.73. The molecule has 2 atom stereocenters. The molecule has 0 saturated carbocycles. The molecule has 3 rings (SSSR count). The van der Waals surface area contributed by atoms with Gasteiger partial charge in [-0.15, -0.1) is 0 Å². The first-order valence-electron chi connectivity index (χ1n) is 10.3. The number of carbonyl (C=O) groups excluding carboxylic acids is 2. The van der Waals surface area contributed by atoms with Crippen LogP contribution >= 0.6 is 0 Å². The van der Waals surface area contributed by atoms with Crippen molar-refractivity contribution in [2.24, 2.45) is 5.92 Å². The fourth-order valence-corrected chi connectivity index (χ4v) is 4.88. The van der Waals surface area contributed by atoms with E-state index in [0.29, 0.717) is 30.1 Å². The molecular weight excluding hydrogens is 416 g/mol. The molecule has 174 valence electrons. The zero-order chi connectivity index (χ0) is 23.6. The summed E-state index contributed by atoms with van der Waals surface area (Å²) in [5.41, 5.74) is 4.16. The van der Waals surface area contributed by atoms with E-state index in [1.807, 2.05) is 13.0 Å². The van der Waals surface area contributed by atoms with E-state index in [1.54, 1.807) is 28.4 Å². The topological polar surface area (TPSA) is 89.5 Å². The summed E-state index contributed by atoms with van der Waals surface area (Å²) in [6.07, 6.45) is 1.14. The predicted molar refractivity (Wildman–Crippen MR) is 117 cm³/mol. The molecule has 0 aliphatic heterocycles. The highest BCUT2D eigenvalue weighted by molar-refractivity contribution is 6.05. The minimum atomic E-state index is -0.578. The van der Waals surface area contributed by atoms with Crippen LogP contribution in [-0.4, -0.2) is 60.7 Å². The second-order valence-corrected chi connectivity index (χ2v) is 7.72. The molecule has 0 heterocycles. The first kappa shape index (κ1) is 23.7. The highest BCUT2D eigenvalue weighted by atomic mass is 16.5. The molecule has 8 heteroatoms. The molecule has 0 spiro atoms. The van der Waals surface area contributed by atoms with E-state index in [-0.39, 0.29) is 23.7 Å². The fraction of sp³-hybridized carbons (Fsp3) is 0.500. The van der Waals surface area contributed by atoms with E-state index in [1.165, 1.54) is 14.2 Å². The Bertz CT molecular complexity index is 988. The van der Waals surface area contributed by atoms with Crippen LogP contribution in [0.2, 0.25) is 0 Å². The van der Waals surface area contributed by atoms with Gasteiger partial charge in [0.05, 0.1) is 52.8 Å². The average molecular weight is 446 g/mol. The number of fused-ring (bicyclic) bond motifs is 3. The minimum Gasteiger partial charge on any atom is -0.493 e. The Balaban J connectivity index is 2.40. The van der Waals surface area contributed by atoms with Gasteiger partial charge in [-0.05, 0) is 37.0 Å². The van der Waals surface area contributed by atoms with Gasteiger partial charge in [0.2, 0.25) is 5.75 Å². The van der Waals surface area contributed by atoms with Gasteiger partial charge in [-0.2, -0.15) is 0 Å². The highest BCUT2D eigenvalue weighted by Crippen LogP contribution is 2.53. The van der Waals surface area contributed by atoms with E-state index in [9.17, 15) is 9.59 Å². The Kier molecular flexibility index (Phi) is 7.13. The Hall–Kier alpha value is -3.00. The summed E-state index contributed by atoms with van der Waals surface area (Å²) in [6.45, 7) is 1.94. The molecule has 0 bridgehead atoms. The lowest BCUT2D eigenvalue weighted by molar-refractivity contribution is -0.140. The monoisotopic (exact) mass is 446 g/mol. The third kappa shape index (κ3) is 3.72. The number of carbonyl (C=O) groups is 2. The van der Waals surface area contributed by atoms with Crippen LogP contribution in [0.15, 0.2) is 22.8 Å². The van der Waals surface area contributed by atoms with Gasteiger partial charge < -0.3 is 28.4 Å². The van der Waals surface area contributed by atoms with E-state index < -0.39 is 17.9 Å². The number of hydrogen-bond acceptors (Lipinski definition) is 8. The molecule has 1 aromatic carbocycles. The molecule has 0 radical (unpaired) electrons. The van der Waals surface area contributed by atoms with Gasteiger partial charge in [-0.25, -0.2) is 9.59 Å². The van der Waals surface area contributed by atoms with Gasteiger partial charge in [-0.3, -0.25) is 0 Å². The van der Waals surface area contributed by atoms with Crippen molar-refractivity contribution >= 4 is 17.5 Å². The number of rotatable bonds is 6. The van der Waals surface area contributed by atoms with Crippen LogP contribution < -0.4 is 14.2 Å². The van der Waals surface area contributed by atoms with Crippen LogP contribution in [0.4, 0.5) is 0 Å². The molecule has 2 aliphatic rings. The van der Waals surface area contributed by atoms with Crippen LogP contribution in [0.3, 0.4) is 0 Å². The van der Waals surface area contributed by atoms with Gasteiger partial charge in [0, 0.05) is 25.0 Å². The second kappa shape index (κ2) is 9.65. The van der Waals surface area contributed by atoms with Crippen molar-refractivity contribution in [3.8, 4) is 17.2 Å². The Morgan fingerprint density at radius 1 is 0.906 bits per heavy atom. The summed E-state index contributed by atoms with van der Waals surface area (Å²) >= 11 is 0. The Morgan fingerprint density at radius 2 is 1.56 bits per heavy atom. The zero-order valence-corrected chi connectivity index (χ0v) is 19.6. The van der Waals surface area contributed by atoms with Gasteiger partial charge in [-0.1, -0.05) is 5.57 Å². The maximum Gasteiger partial charge on any atom is 0.335 e. The van der Waals surface area contributed by atoms with Gasteiger partial charge in [0.15, 0.2) is 11.5 Å². The number of allylic oxidation sites excluding steroid dienone is 1. The zero-order valence-electron chi connectivity index (χ0n) is 19.6. The number of esters is 2. The minimum absolute atomic E-state index is 0.246. The average Bonchev–Trinajstić information content (AvgIpc) is 2.98. The number of ether oxygens (including phenoxy) is 6. The van der Waals surface area contributed by atoms with Gasteiger partial charge >= 0.3 is 11.9 Å². The van der Waals surface area contributed by atoms with E-state index in [0.717, 1.165) is 22.3 Å². The maximum absolute atomic E-state index is 13.0. The summed E-state index contributed by atoms with van der Waals surface area (Å²) in [7, 11) is 8.91. The molecule has 0 unspecified atom stereocenters. The molecule has 0 saturated heterocycles. The normalized spacial score (nSPS) is 20.1. The predicted octanol–water partition coefficient (Wildman–Crippen LogP) is 3.11. The summed E-state index contributed by atoms with van der Waals surface area (Å²) in [4.78, 5) is 25.6. The maximum atomic E-state index is 13.0. The molecule has 1 aromatic rings. The van der Waals surface area contributed by atoms with E-state index in [4.69, 9.17) is 28.4 Å². The van der Waals surface area contributed by atoms with Crippen LogP contribution in [0.25, 0.3) is 5.57 Å². The molecule has 0 amide bonds. The molecule has 0 N–H and O–H groups in total. The molecule has 8 nitrogen and oxygen atoms in total. The SMILES string of the molecule is COC(=O)C1=C(C(=O)OC)[C@H]2C(=C(C)C1)c1c(cc(OC)c(OC)c1OC)CC[C@@H]2OC. The smallest absolute Gasteiger partial charge is 0.335 e. The van der Waals surface area contributed by atoms with Crippen LogP contribution in [0, 0.1) is 5.92 Å². The highest BCUT2D eigenvalue weighted by Gasteiger charge is 2.44. The summed E-state index contributed by atoms with van der Waals surface area (Å²) in [5.74, 6) is -0.130. The van der Waals surface area contributed by atoms with Crippen molar-refractivity contribution in [3.05, 3.63) is 33.9 Å². The third-order valence-electron chi connectivity index (χ3n) is 6.24. The lowest BCUT2D eigenvalue weighted by Crippen LogP contribution is -2.34. The third-order valence-corrected chi connectivity index (χ3v) is 6.24. The molecule has 0 aromatic heterocycles. The van der Waals surface area contributed by atoms with Crippen molar-refractivity contribution in [2.75, 3.05) is 42.7 Å². The lowest BCUT2D eigenvalue weighted by Gasteiger charge is -2.34. The first-order chi connectivity index (χ1) is 15.4. The molecule has 0 fully saturated rings. The van der Waals surface area contributed by atoms with E-state index >= 15 is 0 Å². The molecular formula is C24H30O8. The Morgan fingerprint density at radius 3 is 2.09 bits per heavy atom. The molecule has 32 heavy (non-hydrogen) atoms. The van der Waals surface area contributed by atoms with Crippen molar-refractivity contribution in [1.29, 1.82) is 0 Å². The van der Waals surface area contributed by atoms with Gasteiger partial charge in [0.25, 0.3) is 0 Å². The van der Waals surface area contributed by atoms with E-state index in [2.05, 4.69) is 0 Å². The van der Waals surface area contributed by atoms with Gasteiger partial charge in [0.1, 0.15) is 0 Å². The first-order valence-corrected chi connectivity index (χ1v) is 10.3. The summed E-state index contributed by atoms with van der Waals surface area (Å²) in [6, 6.07) is 1.93. The number of aryl methyl sites for hydroxylation is 1. The second-order valence-electron chi connectivity index (χ2n) is 7.72. The van der Waals surface area contributed by atoms with Crippen LogP contribution in [-0.2, 0) is 30.2 Å². The number of hydrogen-bond donors (Lipinski definition) is 0. The fourth-order valence-electron chi connectivity index (χ4n) is 4.88.